The van der Waals surface area contributed by atoms with E-state index in [9.17, 15) is 14.4 Å². The Bertz CT molecular complexity index is 1130. The largest absolute Gasteiger partial charge is 0.356 e. The van der Waals surface area contributed by atoms with Gasteiger partial charge >= 0.3 is 0 Å². The number of aldehydes is 1. The van der Waals surface area contributed by atoms with Crippen LogP contribution in [0.1, 0.15) is 204 Å². The summed E-state index contributed by atoms with van der Waals surface area (Å²) in [5.41, 5.74) is 7.41. The molecule has 0 aromatic heterocycles. The molecule has 5 nitrogen and oxygen atoms in total. The number of hydrogen-bond donors (Lipinski definition) is 2. The second-order valence-electron chi connectivity index (χ2n) is 18.9. The normalized spacial score (nSPS) is 20.4. The molecule has 2 amide bonds. The number of carbonyl (C=O) groups is 3. The summed E-state index contributed by atoms with van der Waals surface area (Å²) in [6.45, 7) is 24.1. The lowest BCUT2D eigenvalue weighted by Crippen LogP contribution is -2.36. The Morgan fingerprint density at radius 2 is 1.08 bits per heavy atom. The second kappa shape index (κ2) is 23.0. The van der Waals surface area contributed by atoms with E-state index in [4.69, 9.17) is 0 Å². The summed E-state index contributed by atoms with van der Waals surface area (Å²) < 4.78 is 0. The monoisotopic (exact) mass is 711 g/mol. The van der Waals surface area contributed by atoms with Crippen LogP contribution in [0, 0.1) is 34.5 Å². The number of unbranched alkanes of at least 4 members (excludes halogenated alkanes) is 1. The molecule has 5 atom stereocenters. The molecule has 0 heterocycles. The van der Waals surface area contributed by atoms with Gasteiger partial charge in [0.2, 0.25) is 11.8 Å². The summed E-state index contributed by atoms with van der Waals surface area (Å²) in [5.74, 6) is 2.23. The van der Waals surface area contributed by atoms with Crippen molar-refractivity contribution in [3.05, 3.63) is 22.3 Å². The second-order valence-corrected chi connectivity index (χ2v) is 18.9. The molecule has 51 heavy (non-hydrogen) atoms. The Kier molecular flexibility index (Phi) is 20.4. The summed E-state index contributed by atoms with van der Waals surface area (Å²) in [4.78, 5) is 36.9. The molecule has 0 aromatic carbocycles. The maximum Gasteiger partial charge on any atom is 0.220 e. The zero-order valence-electron chi connectivity index (χ0n) is 35.2. The zero-order chi connectivity index (χ0) is 38.0. The third-order valence-corrected chi connectivity index (χ3v) is 12.8. The summed E-state index contributed by atoms with van der Waals surface area (Å²) >= 11 is 0. The van der Waals surface area contributed by atoms with Gasteiger partial charge in [-0.2, -0.15) is 0 Å². The van der Waals surface area contributed by atoms with E-state index in [-0.39, 0.29) is 11.8 Å². The number of rotatable bonds is 25. The standard InChI is InChI=1S/C46H82N2O3/c1-34(24-26-41-38(5)21-15-28-45(41,7)8)17-13-19-36(3)31-43(50)47-30-12-11-23-40(33-49)48-44(51)32-37(4)20-14-18-35(2)25-27-42-39(6)22-16-29-46(42,9)10/h33-37,40H,11-32H2,1-10H3,(H,47,50)(H,48,51)/t34?,35?,36?,37?,40-/m0/s1. The number of nitrogens with one attached hydrogen (secondary N) is 2. The first-order chi connectivity index (χ1) is 24.0. The van der Waals surface area contributed by atoms with E-state index >= 15 is 0 Å². The van der Waals surface area contributed by atoms with Crippen LogP contribution in [0.2, 0.25) is 0 Å². The van der Waals surface area contributed by atoms with E-state index < -0.39 is 6.04 Å². The van der Waals surface area contributed by atoms with Crippen molar-refractivity contribution in [2.75, 3.05) is 6.54 Å². The van der Waals surface area contributed by atoms with E-state index in [0.717, 1.165) is 44.3 Å². The molecule has 2 rings (SSSR count). The van der Waals surface area contributed by atoms with Crippen LogP contribution in [0.3, 0.4) is 0 Å². The topological polar surface area (TPSA) is 75.3 Å². The van der Waals surface area contributed by atoms with Crippen LogP contribution in [0.4, 0.5) is 0 Å². The molecule has 0 saturated heterocycles. The van der Waals surface area contributed by atoms with E-state index in [0.29, 0.717) is 54.4 Å². The molecule has 0 saturated carbocycles. The van der Waals surface area contributed by atoms with Crippen molar-refractivity contribution in [2.45, 2.75) is 210 Å². The van der Waals surface area contributed by atoms with E-state index in [1.54, 1.807) is 22.3 Å². The molecule has 2 aliphatic rings. The van der Waals surface area contributed by atoms with Gasteiger partial charge in [-0.25, -0.2) is 0 Å². The van der Waals surface area contributed by atoms with E-state index in [1.165, 1.54) is 83.5 Å². The van der Waals surface area contributed by atoms with Crippen LogP contribution < -0.4 is 10.6 Å². The Morgan fingerprint density at radius 1 is 0.627 bits per heavy atom. The number of hydrogen-bond acceptors (Lipinski definition) is 3. The maximum atomic E-state index is 12.7. The van der Waals surface area contributed by atoms with Crippen LogP contribution in [0.25, 0.3) is 0 Å². The molecule has 0 bridgehead atoms. The lowest BCUT2D eigenvalue weighted by molar-refractivity contribution is -0.124. The minimum Gasteiger partial charge on any atom is -0.356 e. The molecular weight excluding hydrogens is 629 g/mol. The Morgan fingerprint density at radius 3 is 1.53 bits per heavy atom. The number of allylic oxidation sites excluding steroid dienone is 4. The van der Waals surface area contributed by atoms with Gasteiger partial charge in [0.1, 0.15) is 6.29 Å². The van der Waals surface area contributed by atoms with Crippen molar-refractivity contribution < 1.29 is 14.4 Å². The van der Waals surface area contributed by atoms with Crippen LogP contribution in [-0.4, -0.2) is 30.7 Å². The first-order valence-electron chi connectivity index (χ1n) is 21.4. The SMILES string of the molecule is CC1=C(CCC(C)CCCC(C)CC(=O)NCCCC[C@@H](C=O)NC(=O)CC(C)CCCC(C)CCC2=C(C)CCCC2(C)C)C(C)(C)CCC1. The highest BCUT2D eigenvalue weighted by molar-refractivity contribution is 5.79. The molecule has 294 valence electrons. The summed E-state index contributed by atoms with van der Waals surface area (Å²) in [7, 11) is 0. The summed E-state index contributed by atoms with van der Waals surface area (Å²) in [6.07, 6.45) is 23.9. The smallest absolute Gasteiger partial charge is 0.220 e. The first kappa shape index (κ1) is 45.2. The van der Waals surface area contributed by atoms with Crippen LogP contribution >= 0.6 is 0 Å². The van der Waals surface area contributed by atoms with E-state index in [2.05, 4.69) is 79.9 Å². The fourth-order valence-corrected chi connectivity index (χ4v) is 9.22. The van der Waals surface area contributed by atoms with E-state index in [1.807, 2.05) is 0 Å². The highest BCUT2D eigenvalue weighted by Crippen LogP contribution is 2.44. The van der Waals surface area contributed by atoms with Crippen LogP contribution in [0.5, 0.6) is 0 Å². The van der Waals surface area contributed by atoms with Gasteiger partial charge in [-0.1, -0.05) is 116 Å². The minimum atomic E-state index is -0.445. The highest BCUT2D eigenvalue weighted by atomic mass is 16.2. The van der Waals surface area contributed by atoms with Gasteiger partial charge in [0.15, 0.2) is 0 Å². The van der Waals surface area contributed by atoms with Gasteiger partial charge in [0.25, 0.3) is 0 Å². The third kappa shape index (κ3) is 17.6. The predicted molar refractivity (Wildman–Crippen MR) is 218 cm³/mol. The van der Waals surface area contributed by atoms with Gasteiger partial charge < -0.3 is 15.4 Å². The Balaban J connectivity index is 1.51. The molecule has 0 radical (unpaired) electrons. The molecule has 0 fully saturated rings. The molecule has 0 spiro atoms. The third-order valence-electron chi connectivity index (χ3n) is 12.8. The van der Waals surface area contributed by atoms with Crippen molar-refractivity contribution in [3.63, 3.8) is 0 Å². The average Bonchev–Trinajstić information content (AvgIpc) is 3.02. The van der Waals surface area contributed by atoms with Crippen molar-refractivity contribution in [3.8, 4) is 0 Å². The number of amides is 2. The Hall–Kier alpha value is -1.91. The zero-order valence-corrected chi connectivity index (χ0v) is 35.2. The Labute approximate surface area is 315 Å². The minimum absolute atomic E-state index is 0.0214. The molecule has 0 aliphatic heterocycles. The van der Waals surface area contributed by atoms with Crippen molar-refractivity contribution in [1.82, 2.24) is 10.6 Å². The molecule has 4 unspecified atom stereocenters. The molecule has 0 aromatic rings. The highest BCUT2D eigenvalue weighted by Gasteiger charge is 2.29. The lowest BCUT2D eigenvalue weighted by atomic mass is 9.70. The lowest BCUT2D eigenvalue weighted by Gasteiger charge is -2.35. The fourth-order valence-electron chi connectivity index (χ4n) is 9.22. The van der Waals surface area contributed by atoms with Crippen LogP contribution in [-0.2, 0) is 14.4 Å². The van der Waals surface area contributed by atoms with Gasteiger partial charge in [-0.15, -0.1) is 0 Å². The predicted octanol–water partition coefficient (Wildman–Crippen LogP) is 12.2. The molecule has 2 aliphatic carbocycles. The van der Waals surface area contributed by atoms with Gasteiger partial charge in [0, 0.05) is 19.4 Å². The van der Waals surface area contributed by atoms with Gasteiger partial charge in [-0.3, -0.25) is 9.59 Å². The van der Waals surface area contributed by atoms with Crippen molar-refractivity contribution in [1.29, 1.82) is 0 Å². The van der Waals surface area contributed by atoms with Crippen LogP contribution in [0.15, 0.2) is 22.3 Å². The van der Waals surface area contributed by atoms with Gasteiger partial charge in [-0.05, 0) is 132 Å². The average molecular weight is 711 g/mol. The molecular formula is C46H82N2O3. The maximum absolute atomic E-state index is 12.7. The summed E-state index contributed by atoms with van der Waals surface area (Å²) in [5, 5.41) is 6.02. The summed E-state index contributed by atoms with van der Waals surface area (Å²) in [6, 6.07) is -0.445. The number of carbonyl (C=O) groups excluding carboxylic acids is 3. The quantitative estimate of drug-likeness (QED) is 0.0562. The van der Waals surface area contributed by atoms with Crippen molar-refractivity contribution in [2.24, 2.45) is 34.5 Å². The molecule has 2 N–H and O–H groups in total. The fraction of sp³-hybridized carbons (Fsp3) is 0.848. The first-order valence-corrected chi connectivity index (χ1v) is 21.4. The van der Waals surface area contributed by atoms with Gasteiger partial charge in [0.05, 0.1) is 6.04 Å². The van der Waals surface area contributed by atoms with Crippen molar-refractivity contribution >= 4 is 18.1 Å². The molecule has 5 heteroatoms.